The molecule has 1 radical (unpaired) electrons. The van der Waals surface area contributed by atoms with Crippen LogP contribution >= 0.6 is 0 Å². The van der Waals surface area contributed by atoms with Crippen LogP contribution in [-0.4, -0.2) is 13.1 Å². The van der Waals surface area contributed by atoms with Crippen molar-refractivity contribution in [2.75, 3.05) is 13.1 Å². The van der Waals surface area contributed by atoms with Crippen molar-refractivity contribution in [1.29, 1.82) is 0 Å². The Morgan fingerprint density at radius 2 is 2.38 bits per heavy atom. The maximum absolute atomic E-state index is 3.23. The fourth-order valence-corrected chi connectivity index (χ4v) is 0.664. The molecule has 0 saturated heterocycles. The van der Waals surface area contributed by atoms with E-state index in [2.05, 4.69) is 17.5 Å². The second-order valence-electron chi connectivity index (χ2n) is 1.72. The monoisotopic (exact) mass is 147 g/mol. The molecule has 2 heteroatoms. The van der Waals surface area contributed by atoms with Gasteiger partial charge in [0.2, 0.25) is 0 Å². The van der Waals surface area contributed by atoms with Gasteiger partial charge in [0.1, 0.15) is 0 Å². The van der Waals surface area contributed by atoms with Crippen molar-refractivity contribution < 1.29 is 18.6 Å². The van der Waals surface area contributed by atoms with E-state index in [0.717, 1.165) is 19.5 Å². The molecule has 0 amide bonds. The van der Waals surface area contributed by atoms with Gasteiger partial charge in [-0.25, -0.2) is 0 Å². The van der Waals surface area contributed by atoms with E-state index in [-0.39, 0.29) is 18.6 Å². The van der Waals surface area contributed by atoms with Gasteiger partial charge < -0.3 is 11.4 Å². The first-order valence-electron chi connectivity index (χ1n) is 2.76. The van der Waals surface area contributed by atoms with E-state index < -0.39 is 0 Å². The zero-order chi connectivity index (χ0) is 4.95. The van der Waals surface area contributed by atoms with Crippen molar-refractivity contribution in [3.05, 3.63) is 12.2 Å². The zero-order valence-corrected chi connectivity index (χ0v) is 6.25. The summed E-state index contributed by atoms with van der Waals surface area (Å²) in [6.45, 7) is 2.17. The number of hydrogen-bond acceptors (Lipinski definition) is 1. The summed E-state index contributed by atoms with van der Waals surface area (Å²) in [5, 5.41) is 3.23. The van der Waals surface area contributed by atoms with E-state index in [1.54, 1.807) is 0 Å². The summed E-state index contributed by atoms with van der Waals surface area (Å²) in [5.74, 6) is 0. The summed E-state index contributed by atoms with van der Waals surface area (Å²) in [6.07, 6.45) is 7.60. The van der Waals surface area contributed by atoms with E-state index in [0.29, 0.717) is 0 Å². The number of nitrogens with one attached hydrogen (secondary N) is 1. The molecule has 1 aliphatic rings. The normalized spacial score (nSPS) is 19.0. The average Bonchev–Trinajstić information content (AvgIpc) is 1.90. The van der Waals surface area contributed by atoms with Gasteiger partial charge in [-0.2, -0.15) is 6.42 Å². The van der Waals surface area contributed by atoms with Crippen LogP contribution < -0.4 is 5.32 Å². The molecule has 1 nitrogen and oxygen atoms in total. The first-order valence-corrected chi connectivity index (χ1v) is 2.76. The Kier molecular flexibility index (Phi) is 5.61. The Labute approximate surface area is 62.4 Å². The van der Waals surface area contributed by atoms with E-state index in [1.165, 1.54) is 6.42 Å². The molecule has 1 heterocycles. The van der Waals surface area contributed by atoms with Crippen LogP contribution in [-0.2, 0) is 18.6 Å². The molecule has 0 fully saturated rings. The molecule has 0 aliphatic carbocycles. The number of allylic oxidation sites excluding steroid dienone is 1. The van der Waals surface area contributed by atoms with Gasteiger partial charge in [0.25, 0.3) is 0 Å². The third-order valence-electron chi connectivity index (χ3n) is 1.07. The van der Waals surface area contributed by atoms with Crippen LogP contribution in [0, 0.1) is 6.08 Å². The summed E-state index contributed by atoms with van der Waals surface area (Å²) in [4.78, 5) is 0. The number of hydrogen-bond donors (Lipinski definition) is 1. The fourth-order valence-electron chi connectivity index (χ4n) is 0.664. The first-order chi connectivity index (χ1) is 3.50. The van der Waals surface area contributed by atoms with Gasteiger partial charge in [0, 0.05) is 18.6 Å². The van der Waals surface area contributed by atoms with E-state index in [4.69, 9.17) is 0 Å². The van der Waals surface area contributed by atoms with Gasteiger partial charge in [-0.1, -0.05) is 6.42 Å². The minimum Gasteiger partial charge on any atom is -0.499 e. The maximum atomic E-state index is 3.23. The van der Waals surface area contributed by atoms with Crippen LogP contribution in [0.25, 0.3) is 0 Å². The van der Waals surface area contributed by atoms with Gasteiger partial charge >= 0.3 is 0 Å². The van der Waals surface area contributed by atoms with E-state index >= 15 is 0 Å². The van der Waals surface area contributed by atoms with Crippen molar-refractivity contribution in [3.8, 4) is 0 Å². The summed E-state index contributed by atoms with van der Waals surface area (Å²) in [5.41, 5.74) is 0. The molecule has 1 N–H and O–H groups in total. The standard InChI is InChI=1S/C6H10N.V/c1-2-4-6-7-5-3-1;/h4,7H,1,3,5-6H2;/q-1;. The summed E-state index contributed by atoms with van der Waals surface area (Å²) in [6, 6.07) is 0. The van der Waals surface area contributed by atoms with Crippen molar-refractivity contribution in [2.24, 2.45) is 0 Å². The van der Waals surface area contributed by atoms with Gasteiger partial charge in [-0.3, -0.25) is 6.08 Å². The quantitative estimate of drug-likeness (QED) is 0.498. The number of rotatable bonds is 0. The molecule has 0 spiro atoms. The van der Waals surface area contributed by atoms with Crippen molar-refractivity contribution in [1.82, 2.24) is 5.32 Å². The van der Waals surface area contributed by atoms with Gasteiger partial charge in [-0.05, 0) is 13.1 Å². The Hall–Kier alpha value is 0.284. The van der Waals surface area contributed by atoms with Crippen molar-refractivity contribution in [2.45, 2.75) is 12.8 Å². The average molecular weight is 147 g/mol. The smallest absolute Gasteiger partial charge is 0 e. The maximum Gasteiger partial charge on any atom is 0 e. The van der Waals surface area contributed by atoms with Crippen LogP contribution in [0.1, 0.15) is 12.8 Å². The molecule has 0 unspecified atom stereocenters. The molecule has 0 bridgehead atoms. The summed E-state index contributed by atoms with van der Waals surface area (Å²) >= 11 is 0. The molecule has 0 aromatic rings. The van der Waals surface area contributed by atoms with E-state index in [9.17, 15) is 0 Å². The topological polar surface area (TPSA) is 12.0 Å². The molecule has 1 aliphatic heterocycles. The predicted octanol–water partition coefficient (Wildman–Crippen LogP) is 0.727. The minimum absolute atomic E-state index is 0. The first kappa shape index (κ1) is 8.28. The molecule has 0 atom stereocenters. The Morgan fingerprint density at radius 1 is 1.50 bits per heavy atom. The van der Waals surface area contributed by atoms with Crippen LogP contribution in [0.5, 0.6) is 0 Å². The second kappa shape index (κ2) is 5.42. The van der Waals surface area contributed by atoms with Gasteiger partial charge in [0.05, 0.1) is 0 Å². The molecular formula is C6H10NV-. The predicted molar refractivity (Wildman–Crippen MR) is 29.9 cm³/mol. The molecule has 0 saturated carbocycles. The molecule has 0 aromatic heterocycles. The third kappa shape index (κ3) is 3.31. The van der Waals surface area contributed by atoms with Crippen molar-refractivity contribution in [3.63, 3.8) is 0 Å². The summed E-state index contributed by atoms with van der Waals surface area (Å²) in [7, 11) is 0. The minimum atomic E-state index is 0. The van der Waals surface area contributed by atoms with Crippen LogP contribution in [0.2, 0.25) is 0 Å². The molecule has 8 heavy (non-hydrogen) atoms. The molecule has 45 valence electrons. The van der Waals surface area contributed by atoms with Crippen LogP contribution in [0.4, 0.5) is 0 Å². The second-order valence-corrected chi connectivity index (χ2v) is 1.72. The Balaban J connectivity index is 0.000000490. The fraction of sp³-hybridized carbons (Fsp3) is 0.667. The molecule has 1 rings (SSSR count). The van der Waals surface area contributed by atoms with Crippen molar-refractivity contribution >= 4 is 0 Å². The SMILES string of the molecule is [C-]1=CCNCCC1.[V]. The Bertz CT molecular complexity index is 62.9. The summed E-state index contributed by atoms with van der Waals surface area (Å²) < 4.78 is 0. The Morgan fingerprint density at radius 3 is 3.25 bits per heavy atom. The van der Waals surface area contributed by atoms with E-state index in [1.807, 2.05) is 0 Å². The molecule has 0 aromatic carbocycles. The van der Waals surface area contributed by atoms with Crippen LogP contribution in [0.3, 0.4) is 0 Å². The third-order valence-corrected chi connectivity index (χ3v) is 1.07. The largest absolute Gasteiger partial charge is 0.499 e. The molecular weight excluding hydrogens is 137 g/mol. The van der Waals surface area contributed by atoms with Crippen LogP contribution in [0.15, 0.2) is 6.08 Å². The van der Waals surface area contributed by atoms with Gasteiger partial charge in [-0.15, -0.1) is 0 Å². The van der Waals surface area contributed by atoms with Gasteiger partial charge in [0.15, 0.2) is 0 Å². The zero-order valence-electron chi connectivity index (χ0n) is 4.85.